The number of aromatic nitrogens is 3. The van der Waals surface area contributed by atoms with Crippen molar-refractivity contribution in [2.24, 2.45) is 5.92 Å². The third kappa shape index (κ3) is 4.78. The van der Waals surface area contributed by atoms with Crippen molar-refractivity contribution in [3.63, 3.8) is 0 Å². The Morgan fingerprint density at radius 3 is 2.59 bits per heavy atom. The maximum atomic E-state index is 12.4. The Kier molecular flexibility index (Phi) is 6.90. The van der Waals surface area contributed by atoms with Gasteiger partial charge < -0.3 is 15.1 Å². The molecule has 1 saturated heterocycles. The molecule has 0 saturated carbocycles. The number of carbonyl (C=O) groups is 2. The van der Waals surface area contributed by atoms with Crippen LogP contribution in [-0.4, -0.2) is 68.6 Å². The minimum absolute atomic E-state index is 0.0299. The van der Waals surface area contributed by atoms with E-state index in [2.05, 4.69) is 10.4 Å². The van der Waals surface area contributed by atoms with Crippen molar-refractivity contribution >= 4 is 17.6 Å². The van der Waals surface area contributed by atoms with Gasteiger partial charge in [0.05, 0.1) is 0 Å². The van der Waals surface area contributed by atoms with Crippen molar-refractivity contribution in [1.82, 2.24) is 29.3 Å². The van der Waals surface area contributed by atoms with Crippen molar-refractivity contribution in [2.45, 2.75) is 39.7 Å². The average Bonchev–Trinajstić information content (AvgIpc) is 3.07. The lowest BCUT2D eigenvalue weighted by molar-refractivity contribution is -0.126. The molecule has 0 bridgehead atoms. The Bertz CT molecular complexity index is 893. The molecule has 3 amide bonds. The summed E-state index contributed by atoms with van der Waals surface area (Å²) in [6, 6.07) is 5.48. The highest BCUT2D eigenvalue weighted by Crippen LogP contribution is 2.18. The molecule has 1 aliphatic rings. The standard InChI is InChI=1S/C20H30N6O3/c1-3-23(4-2)19(28)24-14-9-16(10-15-24)18(27)21-11-7-13-26-20(29)25-12-6-5-8-17(25)22-26/h5-6,8,12,16H,3-4,7,9-11,13-15H2,1-2H3,(H,21,27). The molecule has 2 aromatic rings. The van der Waals surface area contributed by atoms with E-state index >= 15 is 0 Å². The Labute approximate surface area is 170 Å². The minimum Gasteiger partial charge on any atom is -0.356 e. The first-order chi connectivity index (χ1) is 14.0. The number of hydrogen-bond acceptors (Lipinski definition) is 4. The zero-order valence-electron chi connectivity index (χ0n) is 17.2. The third-order valence-corrected chi connectivity index (χ3v) is 5.50. The quantitative estimate of drug-likeness (QED) is 0.704. The normalized spacial score (nSPS) is 14.9. The number of aryl methyl sites for hydroxylation is 1. The summed E-state index contributed by atoms with van der Waals surface area (Å²) < 4.78 is 2.94. The van der Waals surface area contributed by atoms with Crippen LogP contribution in [0.1, 0.15) is 33.1 Å². The molecule has 2 aromatic heterocycles. The van der Waals surface area contributed by atoms with Crippen LogP contribution in [0.4, 0.5) is 4.79 Å². The summed E-state index contributed by atoms with van der Waals surface area (Å²) in [4.78, 5) is 40.7. The summed E-state index contributed by atoms with van der Waals surface area (Å²) in [6.07, 6.45) is 3.70. The van der Waals surface area contributed by atoms with Gasteiger partial charge in [0.25, 0.3) is 0 Å². The number of piperidine rings is 1. The molecular formula is C20H30N6O3. The van der Waals surface area contributed by atoms with Gasteiger partial charge in [-0.15, -0.1) is 5.10 Å². The van der Waals surface area contributed by atoms with Gasteiger partial charge in [0.15, 0.2) is 5.65 Å². The van der Waals surface area contributed by atoms with Gasteiger partial charge >= 0.3 is 11.7 Å². The highest BCUT2D eigenvalue weighted by molar-refractivity contribution is 5.79. The van der Waals surface area contributed by atoms with E-state index in [1.165, 1.54) is 9.08 Å². The van der Waals surface area contributed by atoms with E-state index < -0.39 is 0 Å². The SMILES string of the molecule is CCN(CC)C(=O)N1CCC(C(=O)NCCCn2nc3ccccn3c2=O)CC1. The van der Waals surface area contributed by atoms with Crippen LogP contribution in [0.25, 0.3) is 5.65 Å². The Morgan fingerprint density at radius 1 is 1.21 bits per heavy atom. The summed E-state index contributed by atoms with van der Waals surface area (Å²) in [5.41, 5.74) is 0.449. The fourth-order valence-corrected chi connectivity index (χ4v) is 3.73. The first kappa shape index (κ1) is 20.9. The van der Waals surface area contributed by atoms with E-state index in [9.17, 15) is 14.4 Å². The first-order valence-electron chi connectivity index (χ1n) is 10.4. The van der Waals surface area contributed by atoms with Gasteiger partial charge in [-0.25, -0.2) is 14.3 Å². The molecule has 9 nitrogen and oxygen atoms in total. The van der Waals surface area contributed by atoms with Crippen molar-refractivity contribution in [2.75, 3.05) is 32.7 Å². The van der Waals surface area contributed by atoms with Gasteiger partial charge in [-0.1, -0.05) is 6.07 Å². The summed E-state index contributed by atoms with van der Waals surface area (Å²) in [5, 5.41) is 7.25. The number of carbonyl (C=O) groups excluding carboxylic acids is 2. The zero-order valence-corrected chi connectivity index (χ0v) is 17.2. The van der Waals surface area contributed by atoms with Crippen LogP contribution in [0.3, 0.4) is 0 Å². The van der Waals surface area contributed by atoms with E-state index in [0.717, 1.165) is 0 Å². The Hall–Kier alpha value is -2.84. The van der Waals surface area contributed by atoms with E-state index in [4.69, 9.17) is 0 Å². The molecule has 1 aliphatic heterocycles. The summed E-state index contributed by atoms with van der Waals surface area (Å²) >= 11 is 0. The van der Waals surface area contributed by atoms with Gasteiger partial charge in [0.1, 0.15) is 0 Å². The highest BCUT2D eigenvalue weighted by atomic mass is 16.2. The van der Waals surface area contributed by atoms with Crippen LogP contribution in [-0.2, 0) is 11.3 Å². The predicted octanol–water partition coefficient (Wildman–Crippen LogP) is 1.18. The number of nitrogens with zero attached hydrogens (tertiary/aromatic N) is 5. The average molecular weight is 402 g/mol. The van der Waals surface area contributed by atoms with Crippen molar-refractivity contribution in [1.29, 1.82) is 0 Å². The maximum absolute atomic E-state index is 12.4. The van der Waals surface area contributed by atoms with Crippen molar-refractivity contribution < 1.29 is 9.59 Å². The van der Waals surface area contributed by atoms with Gasteiger partial charge in [-0.2, -0.15) is 0 Å². The number of urea groups is 1. The second kappa shape index (κ2) is 9.58. The molecule has 0 spiro atoms. The zero-order chi connectivity index (χ0) is 20.8. The van der Waals surface area contributed by atoms with E-state index in [1.807, 2.05) is 29.7 Å². The van der Waals surface area contributed by atoms with Gasteiger partial charge in [-0.3, -0.25) is 9.20 Å². The number of nitrogens with one attached hydrogen (secondary N) is 1. The maximum Gasteiger partial charge on any atom is 0.350 e. The molecule has 0 aliphatic carbocycles. The number of pyridine rings is 1. The molecule has 1 fully saturated rings. The molecule has 3 heterocycles. The van der Waals surface area contributed by atoms with Crippen LogP contribution in [0.15, 0.2) is 29.2 Å². The van der Waals surface area contributed by atoms with Crippen molar-refractivity contribution in [3.8, 4) is 0 Å². The third-order valence-electron chi connectivity index (χ3n) is 5.50. The Balaban J connectivity index is 1.41. The molecule has 158 valence electrons. The van der Waals surface area contributed by atoms with E-state index in [1.54, 1.807) is 18.3 Å². The van der Waals surface area contributed by atoms with Crippen molar-refractivity contribution in [3.05, 3.63) is 34.9 Å². The number of amides is 3. The van der Waals surface area contributed by atoms with Gasteiger partial charge in [-0.05, 0) is 45.2 Å². The second-order valence-corrected chi connectivity index (χ2v) is 7.30. The molecule has 1 N–H and O–H groups in total. The fraction of sp³-hybridized carbons (Fsp3) is 0.600. The molecule has 0 aromatic carbocycles. The van der Waals surface area contributed by atoms with Crippen LogP contribution in [0.5, 0.6) is 0 Å². The topological polar surface area (TPSA) is 91.9 Å². The molecular weight excluding hydrogens is 372 g/mol. The lowest BCUT2D eigenvalue weighted by Crippen LogP contribution is -2.48. The van der Waals surface area contributed by atoms with Gasteiger partial charge in [0, 0.05) is 51.4 Å². The predicted molar refractivity (Wildman–Crippen MR) is 110 cm³/mol. The minimum atomic E-state index is -0.169. The van der Waals surface area contributed by atoms with Crippen LogP contribution in [0, 0.1) is 5.92 Å². The molecule has 0 unspecified atom stereocenters. The lowest BCUT2D eigenvalue weighted by atomic mass is 9.96. The summed E-state index contributed by atoms with van der Waals surface area (Å²) in [5.74, 6) is -0.0315. The first-order valence-corrected chi connectivity index (χ1v) is 10.4. The number of fused-ring (bicyclic) bond motifs is 1. The largest absolute Gasteiger partial charge is 0.356 e. The van der Waals surface area contributed by atoms with E-state index in [0.29, 0.717) is 64.2 Å². The number of hydrogen-bond donors (Lipinski definition) is 1. The monoisotopic (exact) mass is 402 g/mol. The summed E-state index contributed by atoms with van der Waals surface area (Å²) in [7, 11) is 0. The van der Waals surface area contributed by atoms with Gasteiger partial charge in [0.2, 0.25) is 5.91 Å². The fourth-order valence-electron chi connectivity index (χ4n) is 3.73. The number of likely N-dealkylation sites (tertiary alicyclic amines) is 1. The lowest BCUT2D eigenvalue weighted by Gasteiger charge is -2.34. The van der Waals surface area contributed by atoms with Crippen LogP contribution < -0.4 is 11.0 Å². The van der Waals surface area contributed by atoms with Crippen LogP contribution in [0.2, 0.25) is 0 Å². The smallest absolute Gasteiger partial charge is 0.350 e. The summed E-state index contributed by atoms with van der Waals surface area (Å²) in [6.45, 7) is 7.53. The highest BCUT2D eigenvalue weighted by Gasteiger charge is 2.28. The molecule has 0 radical (unpaired) electrons. The molecule has 29 heavy (non-hydrogen) atoms. The molecule has 3 rings (SSSR count). The molecule has 0 atom stereocenters. The Morgan fingerprint density at radius 2 is 1.93 bits per heavy atom. The molecule has 9 heteroatoms. The van der Waals surface area contributed by atoms with E-state index in [-0.39, 0.29) is 23.5 Å². The van der Waals surface area contributed by atoms with Crippen LogP contribution >= 0.6 is 0 Å². The second-order valence-electron chi connectivity index (χ2n) is 7.30. The number of rotatable bonds is 7.